The summed E-state index contributed by atoms with van der Waals surface area (Å²) in [5.41, 5.74) is 8.08. The van der Waals surface area contributed by atoms with Crippen LogP contribution in [-0.4, -0.2) is 50.2 Å². The van der Waals surface area contributed by atoms with E-state index in [9.17, 15) is 4.79 Å². The molecular formula is C15H23N3O2. The van der Waals surface area contributed by atoms with Crippen LogP contribution in [0.1, 0.15) is 24.2 Å². The smallest absolute Gasteiger partial charge is 0.340 e. The lowest BCUT2D eigenvalue weighted by molar-refractivity contribution is 0.0527. The minimum absolute atomic E-state index is 0.348. The van der Waals surface area contributed by atoms with Gasteiger partial charge in [-0.1, -0.05) is 13.0 Å². The van der Waals surface area contributed by atoms with Gasteiger partial charge in [-0.3, -0.25) is 0 Å². The number of anilines is 2. The summed E-state index contributed by atoms with van der Waals surface area (Å²) in [7, 11) is 0. The lowest BCUT2D eigenvalue weighted by atomic mass is 10.1. The van der Waals surface area contributed by atoms with Gasteiger partial charge in [-0.05, 0) is 25.6 Å². The van der Waals surface area contributed by atoms with Gasteiger partial charge in [0.25, 0.3) is 0 Å². The predicted molar refractivity (Wildman–Crippen MR) is 81.1 cm³/mol. The number of nitrogens with zero attached hydrogens (tertiary/aromatic N) is 2. The highest BCUT2D eigenvalue weighted by Crippen LogP contribution is 2.28. The Labute approximate surface area is 120 Å². The Kier molecular flexibility index (Phi) is 4.84. The molecule has 2 N–H and O–H groups in total. The number of piperazine rings is 1. The van der Waals surface area contributed by atoms with Crippen LogP contribution >= 0.6 is 0 Å². The Morgan fingerprint density at radius 3 is 2.55 bits per heavy atom. The number of esters is 1. The van der Waals surface area contributed by atoms with Crippen LogP contribution in [0.2, 0.25) is 0 Å². The van der Waals surface area contributed by atoms with Crippen molar-refractivity contribution in [3.63, 3.8) is 0 Å². The largest absolute Gasteiger partial charge is 0.462 e. The van der Waals surface area contributed by atoms with Gasteiger partial charge in [0.05, 0.1) is 23.5 Å². The first-order valence-electron chi connectivity index (χ1n) is 7.20. The molecule has 0 unspecified atom stereocenters. The Hall–Kier alpha value is -1.75. The van der Waals surface area contributed by atoms with E-state index in [0.717, 1.165) is 38.4 Å². The first-order valence-corrected chi connectivity index (χ1v) is 7.20. The minimum atomic E-state index is -0.348. The van der Waals surface area contributed by atoms with Gasteiger partial charge in [0.2, 0.25) is 0 Å². The summed E-state index contributed by atoms with van der Waals surface area (Å²) in [4.78, 5) is 16.5. The van der Waals surface area contributed by atoms with Crippen molar-refractivity contribution in [1.29, 1.82) is 0 Å². The summed E-state index contributed by atoms with van der Waals surface area (Å²) in [6.45, 7) is 9.32. The van der Waals surface area contributed by atoms with E-state index in [-0.39, 0.29) is 5.97 Å². The highest BCUT2D eigenvalue weighted by molar-refractivity contribution is 5.98. The molecular weight excluding hydrogens is 254 g/mol. The molecule has 1 heterocycles. The molecule has 20 heavy (non-hydrogen) atoms. The van der Waals surface area contributed by atoms with Crippen molar-refractivity contribution in [2.45, 2.75) is 13.8 Å². The molecule has 5 nitrogen and oxygen atoms in total. The molecule has 0 spiro atoms. The van der Waals surface area contributed by atoms with Gasteiger partial charge >= 0.3 is 5.97 Å². The molecule has 1 aliphatic heterocycles. The average Bonchev–Trinajstić information content (AvgIpc) is 2.48. The van der Waals surface area contributed by atoms with Gasteiger partial charge in [-0.2, -0.15) is 0 Å². The maximum atomic E-state index is 11.9. The van der Waals surface area contributed by atoms with E-state index >= 15 is 0 Å². The monoisotopic (exact) mass is 277 g/mol. The van der Waals surface area contributed by atoms with Crippen LogP contribution < -0.4 is 10.6 Å². The summed E-state index contributed by atoms with van der Waals surface area (Å²) in [6, 6.07) is 5.56. The zero-order valence-corrected chi connectivity index (χ0v) is 12.3. The van der Waals surface area contributed by atoms with Gasteiger partial charge in [0.15, 0.2) is 0 Å². The van der Waals surface area contributed by atoms with E-state index < -0.39 is 0 Å². The second-order valence-corrected chi connectivity index (χ2v) is 4.88. The first-order chi connectivity index (χ1) is 9.67. The lowest BCUT2D eigenvalue weighted by Crippen LogP contribution is -2.46. The van der Waals surface area contributed by atoms with Gasteiger partial charge in [0, 0.05) is 26.2 Å². The van der Waals surface area contributed by atoms with Crippen LogP contribution in [0.3, 0.4) is 0 Å². The zero-order chi connectivity index (χ0) is 14.5. The second kappa shape index (κ2) is 6.61. The fourth-order valence-electron chi connectivity index (χ4n) is 2.52. The molecule has 0 aliphatic carbocycles. The number of likely N-dealkylation sites (N-methyl/N-ethyl adjacent to an activating group) is 1. The van der Waals surface area contributed by atoms with Gasteiger partial charge < -0.3 is 20.3 Å². The molecule has 110 valence electrons. The standard InChI is InChI=1S/C15H23N3O2/c1-3-17-8-10-18(11-9-17)13-7-5-6-12(14(13)16)15(19)20-4-2/h5-7H,3-4,8-11,16H2,1-2H3. The number of nitrogens with two attached hydrogens (primary N) is 1. The summed E-state index contributed by atoms with van der Waals surface area (Å²) in [5, 5.41) is 0. The Balaban J connectivity index is 2.17. The second-order valence-electron chi connectivity index (χ2n) is 4.88. The third-order valence-corrected chi connectivity index (χ3v) is 3.74. The summed E-state index contributed by atoms with van der Waals surface area (Å²) in [6.07, 6.45) is 0. The molecule has 0 atom stereocenters. The fraction of sp³-hybridized carbons (Fsp3) is 0.533. The first kappa shape index (κ1) is 14.7. The number of ether oxygens (including phenoxy) is 1. The van der Waals surface area contributed by atoms with Crippen LogP contribution in [0.4, 0.5) is 11.4 Å². The van der Waals surface area contributed by atoms with Crippen LogP contribution in [0, 0.1) is 0 Å². The molecule has 1 aromatic rings. The van der Waals surface area contributed by atoms with Crippen molar-refractivity contribution in [1.82, 2.24) is 4.90 Å². The average molecular weight is 277 g/mol. The predicted octanol–water partition coefficient (Wildman–Crippen LogP) is 1.59. The van der Waals surface area contributed by atoms with E-state index in [2.05, 4.69) is 16.7 Å². The van der Waals surface area contributed by atoms with Crippen LogP contribution in [0.15, 0.2) is 18.2 Å². The number of para-hydroxylation sites is 1. The molecule has 0 bridgehead atoms. The summed E-state index contributed by atoms with van der Waals surface area (Å²) >= 11 is 0. The molecule has 1 aromatic carbocycles. The number of carbonyl (C=O) groups is 1. The normalized spacial score (nSPS) is 16.2. The van der Waals surface area contributed by atoms with Crippen molar-refractivity contribution in [3.05, 3.63) is 23.8 Å². The Morgan fingerprint density at radius 1 is 1.25 bits per heavy atom. The van der Waals surface area contributed by atoms with Gasteiger partial charge in [-0.15, -0.1) is 0 Å². The quantitative estimate of drug-likeness (QED) is 0.669. The van der Waals surface area contributed by atoms with Crippen molar-refractivity contribution >= 4 is 17.3 Å². The fourth-order valence-corrected chi connectivity index (χ4v) is 2.52. The molecule has 0 amide bonds. The SMILES string of the molecule is CCOC(=O)c1cccc(N2CCN(CC)CC2)c1N. The number of hydrogen-bond acceptors (Lipinski definition) is 5. The molecule has 2 rings (SSSR count). The van der Waals surface area contributed by atoms with Crippen molar-refractivity contribution < 1.29 is 9.53 Å². The maximum Gasteiger partial charge on any atom is 0.340 e. The van der Waals surface area contributed by atoms with Crippen LogP contribution in [0.5, 0.6) is 0 Å². The third kappa shape index (κ3) is 3.04. The molecule has 0 aromatic heterocycles. The highest BCUT2D eigenvalue weighted by Gasteiger charge is 2.20. The number of nitrogen functional groups attached to an aromatic ring is 1. The Morgan fingerprint density at radius 2 is 1.95 bits per heavy atom. The van der Waals surface area contributed by atoms with E-state index in [4.69, 9.17) is 10.5 Å². The zero-order valence-electron chi connectivity index (χ0n) is 12.3. The van der Waals surface area contributed by atoms with E-state index in [1.54, 1.807) is 13.0 Å². The third-order valence-electron chi connectivity index (χ3n) is 3.74. The Bertz CT molecular complexity index is 468. The van der Waals surface area contributed by atoms with Crippen molar-refractivity contribution in [2.75, 3.05) is 50.0 Å². The minimum Gasteiger partial charge on any atom is -0.462 e. The molecule has 1 fully saturated rings. The van der Waals surface area contributed by atoms with Crippen molar-refractivity contribution in [2.24, 2.45) is 0 Å². The molecule has 1 saturated heterocycles. The molecule has 1 aliphatic rings. The number of hydrogen-bond donors (Lipinski definition) is 1. The highest BCUT2D eigenvalue weighted by atomic mass is 16.5. The number of benzene rings is 1. The van der Waals surface area contributed by atoms with Crippen LogP contribution in [0.25, 0.3) is 0 Å². The molecule has 0 saturated carbocycles. The van der Waals surface area contributed by atoms with Gasteiger partial charge in [0.1, 0.15) is 0 Å². The van der Waals surface area contributed by atoms with Crippen LogP contribution in [-0.2, 0) is 4.74 Å². The van der Waals surface area contributed by atoms with Gasteiger partial charge in [-0.25, -0.2) is 4.79 Å². The van der Waals surface area contributed by atoms with E-state index in [0.29, 0.717) is 17.9 Å². The summed E-state index contributed by atoms with van der Waals surface area (Å²) in [5.74, 6) is -0.348. The maximum absolute atomic E-state index is 11.9. The van der Waals surface area contributed by atoms with E-state index in [1.807, 2.05) is 12.1 Å². The molecule has 0 radical (unpaired) electrons. The molecule has 5 heteroatoms. The summed E-state index contributed by atoms with van der Waals surface area (Å²) < 4.78 is 5.04. The van der Waals surface area contributed by atoms with Crippen molar-refractivity contribution in [3.8, 4) is 0 Å². The number of rotatable bonds is 4. The lowest BCUT2D eigenvalue weighted by Gasteiger charge is -2.36. The topological polar surface area (TPSA) is 58.8 Å². The number of carbonyl (C=O) groups excluding carboxylic acids is 1. The van der Waals surface area contributed by atoms with E-state index in [1.165, 1.54) is 0 Å².